The van der Waals surface area contributed by atoms with Crippen molar-refractivity contribution in [3.63, 3.8) is 0 Å². The second kappa shape index (κ2) is 3.21. The van der Waals surface area contributed by atoms with Crippen LogP contribution in [0.3, 0.4) is 0 Å². The molecule has 0 saturated carbocycles. The van der Waals surface area contributed by atoms with E-state index in [1.165, 1.54) is 0 Å². The molecule has 14 heavy (non-hydrogen) atoms. The quantitative estimate of drug-likeness (QED) is 0.566. The Kier molecular flexibility index (Phi) is 2.03. The van der Waals surface area contributed by atoms with Gasteiger partial charge < -0.3 is 15.3 Å². The van der Waals surface area contributed by atoms with Crippen LogP contribution >= 0.6 is 0 Å². The Hall–Kier alpha value is -1.72. The zero-order valence-corrected chi connectivity index (χ0v) is 7.12. The van der Waals surface area contributed by atoms with Crippen molar-refractivity contribution in [1.82, 2.24) is 9.97 Å². The lowest BCUT2D eigenvalue weighted by Gasteiger charge is -2.05. The molecule has 0 fully saturated rings. The van der Waals surface area contributed by atoms with Crippen molar-refractivity contribution in [2.45, 2.75) is 6.29 Å². The van der Waals surface area contributed by atoms with Gasteiger partial charge in [0.1, 0.15) is 0 Å². The molecule has 0 bridgehead atoms. The highest BCUT2D eigenvalue weighted by molar-refractivity contribution is 5.74. The fourth-order valence-corrected chi connectivity index (χ4v) is 1.18. The molecule has 72 valence electrons. The van der Waals surface area contributed by atoms with Crippen molar-refractivity contribution in [2.75, 3.05) is 0 Å². The van der Waals surface area contributed by atoms with E-state index in [9.17, 15) is 5.11 Å². The molecule has 5 heteroatoms. The van der Waals surface area contributed by atoms with E-state index in [0.29, 0.717) is 11.0 Å². The van der Waals surface area contributed by atoms with Gasteiger partial charge in [-0.3, -0.25) is 0 Å². The molecule has 3 N–H and O–H groups in total. The van der Waals surface area contributed by atoms with E-state index in [-0.39, 0.29) is 5.69 Å². The Morgan fingerprint density at radius 2 is 1.57 bits per heavy atom. The van der Waals surface area contributed by atoms with Crippen molar-refractivity contribution >= 4 is 11.0 Å². The zero-order chi connectivity index (χ0) is 10.1. The summed E-state index contributed by atoms with van der Waals surface area (Å²) in [5.41, 5.74) is 0.784. The number of para-hydroxylation sites is 2. The fourth-order valence-electron chi connectivity index (χ4n) is 1.18. The SMILES string of the molecule is Oc1nc2ccccc2nc1C(O)O. The van der Waals surface area contributed by atoms with Crippen LogP contribution in [0.5, 0.6) is 5.88 Å². The second-order valence-electron chi connectivity index (χ2n) is 2.79. The molecule has 0 amide bonds. The summed E-state index contributed by atoms with van der Waals surface area (Å²) in [7, 11) is 0. The van der Waals surface area contributed by atoms with Crippen molar-refractivity contribution in [2.24, 2.45) is 0 Å². The fraction of sp³-hybridized carbons (Fsp3) is 0.111. The van der Waals surface area contributed by atoms with E-state index in [1.54, 1.807) is 24.3 Å². The number of nitrogens with zero attached hydrogens (tertiary/aromatic N) is 2. The molecule has 1 aromatic carbocycles. The maximum absolute atomic E-state index is 9.29. The van der Waals surface area contributed by atoms with Crippen molar-refractivity contribution < 1.29 is 15.3 Å². The molecule has 0 aliphatic rings. The summed E-state index contributed by atoms with van der Waals surface area (Å²) in [6, 6.07) is 6.86. The van der Waals surface area contributed by atoms with Crippen LogP contribution in [0.25, 0.3) is 11.0 Å². The third-order valence-electron chi connectivity index (χ3n) is 1.82. The first kappa shape index (κ1) is 8.86. The van der Waals surface area contributed by atoms with Gasteiger partial charge >= 0.3 is 0 Å². The summed E-state index contributed by atoms with van der Waals surface area (Å²) < 4.78 is 0. The molecule has 1 aromatic heterocycles. The van der Waals surface area contributed by atoms with Crippen molar-refractivity contribution in [3.8, 4) is 5.88 Å². The van der Waals surface area contributed by atoms with E-state index < -0.39 is 12.2 Å². The largest absolute Gasteiger partial charge is 0.492 e. The zero-order valence-electron chi connectivity index (χ0n) is 7.12. The van der Waals surface area contributed by atoms with Crippen LogP contribution in [0.1, 0.15) is 12.0 Å². The van der Waals surface area contributed by atoms with E-state index in [0.717, 1.165) is 0 Å². The van der Waals surface area contributed by atoms with E-state index >= 15 is 0 Å². The van der Waals surface area contributed by atoms with Crippen LogP contribution in [0.4, 0.5) is 0 Å². The Morgan fingerprint density at radius 3 is 2.14 bits per heavy atom. The minimum atomic E-state index is -1.81. The van der Waals surface area contributed by atoms with Crippen molar-refractivity contribution in [1.29, 1.82) is 0 Å². The summed E-state index contributed by atoms with van der Waals surface area (Å²) >= 11 is 0. The first-order valence-electron chi connectivity index (χ1n) is 4.00. The maximum Gasteiger partial charge on any atom is 0.239 e. The lowest BCUT2D eigenvalue weighted by molar-refractivity contribution is -0.0474. The molecule has 2 aromatic rings. The Labute approximate surface area is 79.3 Å². The number of hydrogen-bond acceptors (Lipinski definition) is 5. The average molecular weight is 192 g/mol. The number of benzene rings is 1. The first-order chi connectivity index (χ1) is 6.68. The lowest BCUT2D eigenvalue weighted by atomic mass is 10.3. The van der Waals surface area contributed by atoms with Gasteiger partial charge in [-0.2, -0.15) is 0 Å². The summed E-state index contributed by atoms with van der Waals surface area (Å²) in [4.78, 5) is 7.63. The van der Waals surface area contributed by atoms with Gasteiger partial charge in [0, 0.05) is 0 Å². The van der Waals surface area contributed by atoms with Gasteiger partial charge in [0.15, 0.2) is 5.69 Å². The highest BCUT2D eigenvalue weighted by Gasteiger charge is 2.13. The minimum Gasteiger partial charge on any atom is -0.492 e. The number of aromatic hydroxyl groups is 1. The van der Waals surface area contributed by atoms with Gasteiger partial charge in [-0.05, 0) is 12.1 Å². The van der Waals surface area contributed by atoms with Gasteiger partial charge in [0.2, 0.25) is 12.2 Å². The van der Waals surface area contributed by atoms with Crippen LogP contribution in [0, 0.1) is 0 Å². The smallest absolute Gasteiger partial charge is 0.239 e. The number of hydrogen-bond donors (Lipinski definition) is 3. The number of rotatable bonds is 1. The maximum atomic E-state index is 9.29. The predicted molar refractivity (Wildman–Crippen MR) is 48.4 cm³/mol. The molecular weight excluding hydrogens is 184 g/mol. The monoisotopic (exact) mass is 192 g/mol. The minimum absolute atomic E-state index is 0.233. The van der Waals surface area contributed by atoms with E-state index in [1.807, 2.05) is 0 Å². The van der Waals surface area contributed by atoms with Gasteiger partial charge in [0.25, 0.3) is 0 Å². The van der Waals surface area contributed by atoms with Gasteiger partial charge in [-0.25, -0.2) is 9.97 Å². The van der Waals surface area contributed by atoms with E-state index in [2.05, 4.69) is 9.97 Å². The first-order valence-corrected chi connectivity index (χ1v) is 4.00. The molecule has 0 unspecified atom stereocenters. The van der Waals surface area contributed by atoms with Crippen LogP contribution in [-0.2, 0) is 0 Å². The van der Waals surface area contributed by atoms with Crippen LogP contribution in [0.15, 0.2) is 24.3 Å². The summed E-state index contributed by atoms with van der Waals surface area (Å²) in [5, 5.41) is 27.0. The summed E-state index contributed by atoms with van der Waals surface area (Å²) in [6.07, 6.45) is -1.81. The molecule has 0 aliphatic heterocycles. The molecule has 0 spiro atoms. The Balaban J connectivity index is 2.71. The average Bonchev–Trinajstić information content (AvgIpc) is 2.16. The predicted octanol–water partition coefficient (Wildman–Crippen LogP) is 0.319. The molecule has 0 aliphatic carbocycles. The number of aliphatic hydroxyl groups is 2. The molecular formula is C9H8N2O3. The van der Waals surface area contributed by atoms with Crippen molar-refractivity contribution in [3.05, 3.63) is 30.0 Å². The van der Waals surface area contributed by atoms with Gasteiger partial charge in [-0.15, -0.1) is 0 Å². The Morgan fingerprint density at radius 1 is 1.00 bits per heavy atom. The molecule has 5 nitrogen and oxygen atoms in total. The second-order valence-corrected chi connectivity index (χ2v) is 2.79. The summed E-state index contributed by atoms with van der Waals surface area (Å²) in [6.45, 7) is 0. The van der Waals surface area contributed by atoms with Crippen LogP contribution in [-0.4, -0.2) is 25.3 Å². The van der Waals surface area contributed by atoms with Crippen LogP contribution in [0.2, 0.25) is 0 Å². The van der Waals surface area contributed by atoms with Gasteiger partial charge in [0.05, 0.1) is 11.0 Å². The standard InChI is InChI=1S/C9H8N2O3/c12-8-7(9(13)14)10-5-3-1-2-4-6(5)11-8/h1-4,9,13-14H,(H,11,12). The molecule has 0 radical (unpaired) electrons. The molecule has 0 saturated heterocycles. The van der Waals surface area contributed by atoms with Gasteiger partial charge in [-0.1, -0.05) is 12.1 Å². The summed E-state index contributed by atoms with van der Waals surface area (Å²) in [5.74, 6) is -0.460. The highest BCUT2D eigenvalue weighted by atomic mass is 16.5. The molecule has 0 atom stereocenters. The number of aliphatic hydroxyl groups excluding tert-OH is 1. The molecule has 2 rings (SSSR count). The number of aromatic nitrogens is 2. The topological polar surface area (TPSA) is 86.5 Å². The lowest BCUT2D eigenvalue weighted by Crippen LogP contribution is -2.01. The van der Waals surface area contributed by atoms with E-state index in [4.69, 9.17) is 10.2 Å². The number of fused-ring (bicyclic) bond motifs is 1. The third kappa shape index (κ3) is 1.39. The highest BCUT2D eigenvalue weighted by Crippen LogP contribution is 2.21. The van der Waals surface area contributed by atoms with Crippen LogP contribution < -0.4 is 0 Å². The third-order valence-corrected chi connectivity index (χ3v) is 1.82. The molecule has 1 heterocycles. The normalized spacial score (nSPS) is 11.1. The Bertz CT molecular complexity index is 471.